The summed E-state index contributed by atoms with van der Waals surface area (Å²) in [6, 6.07) is 13.2. The number of benzene rings is 2. The van der Waals surface area contributed by atoms with E-state index in [4.69, 9.17) is 4.74 Å². The molecule has 0 aromatic heterocycles. The molecule has 0 saturated carbocycles. The summed E-state index contributed by atoms with van der Waals surface area (Å²) in [5.74, 6) is -1.61. The van der Waals surface area contributed by atoms with Crippen molar-refractivity contribution >= 4 is 29.3 Å². The Balaban J connectivity index is 1.71. The third-order valence-electron chi connectivity index (χ3n) is 5.81. The Morgan fingerprint density at radius 1 is 0.914 bits per heavy atom. The SMILES string of the molecule is CCCCCc1ccc(C(=O)CCC(=O)OCC(=O)N(C)CC(=O)Nc2c(C)cccc2C)cc1. The molecule has 2 amide bonds. The fraction of sp³-hybridized carbons (Fsp3) is 0.429. The van der Waals surface area contributed by atoms with Crippen LogP contribution in [0, 0.1) is 13.8 Å². The van der Waals surface area contributed by atoms with Gasteiger partial charge in [-0.05, 0) is 43.4 Å². The van der Waals surface area contributed by atoms with Crippen LogP contribution in [0.1, 0.15) is 66.1 Å². The molecule has 0 unspecified atom stereocenters. The van der Waals surface area contributed by atoms with Crippen molar-refractivity contribution in [1.82, 2.24) is 4.90 Å². The molecule has 7 heteroatoms. The van der Waals surface area contributed by atoms with Gasteiger partial charge in [0, 0.05) is 24.7 Å². The first-order chi connectivity index (χ1) is 16.7. The average molecular weight is 481 g/mol. The molecule has 188 valence electrons. The fourth-order valence-corrected chi connectivity index (χ4v) is 3.62. The molecular formula is C28H36N2O5. The largest absolute Gasteiger partial charge is 0.456 e. The highest BCUT2D eigenvalue weighted by atomic mass is 16.5. The van der Waals surface area contributed by atoms with Gasteiger partial charge in [-0.15, -0.1) is 0 Å². The van der Waals surface area contributed by atoms with Crippen LogP contribution < -0.4 is 5.32 Å². The average Bonchev–Trinajstić information content (AvgIpc) is 2.83. The first kappa shape index (κ1) is 27.8. The summed E-state index contributed by atoms with van der Waals surface area (Å²) in [5, 5.41) is 2.82. The highest BCUT2D eigenvalue weighted by Gasteiger charge is 2.17. The van der Waals surface area contributed by atoms with Gasteiger partial charge < -0.3 is 15.0 Å². The standard InChI is InChI=1S/C28H36N2O5/c1-5-6-7-11-22-12-14-23(15-13-22)24(31)16-17-27(34)35-19-26(33)30(4)18-25(32)29-28-20(2)9-8-10-21(28)3/h8-10,12-15H,5-7,11,16-19H2,1-4H3,(H,29,32). The number of ketones is 1. The van der Waals surface area contributed by atoms with E-state index in [1.807, 2.05) is 44.2 Å². The minimum atomic E-state index is -0.628. The van der Waals surface area contributed by atoms with Crippen LogP contribution in [-0.4, -0.2) is 48.7 Å². The molecule has 0 aliphatic rings. The van der Waals surface area contributed by atoms with Crippen molar-refractivity contribution < 1.29 is 23.9 Å². The Morgan fingerprint density at radius 2 is 1.57 bits per heavy atom. The summed E-state index contributed by atoms with van der Waals surface area (Å²) < 4.78 is 5.01. The number of anilines is 1. The molecule has 0 saturated heterocycles. The van der Waals surface area contributed by atoms with Crippen LogP contribution in [0.15, 0.2) is 42.5 Å². The highest BCUT2D eigenvalue weighted by molar-refractivity contribution is 5.98. The van der Waals surface area contributed by atoms with Crippen molar-refractivity contribution in [2.45, 2.75) is 59.3 Å². The van der Waals surface area contributed by atoms with Crippen LogP contribution in [0.2, 0.25) is 0 Å². The van der Waals surface area contributed by atoms with E-state index in [9.17, 15) is 19.2 Å². The van der Waals surface area contributed by atoms with Crippen molar-refractivity contribution in [1.29, 1.82) is 0 Å². The van der Waals surface area contributed by atoms with Crippen LogP contribution in [0.3, 0.4) is 0 Å². The summed E-state index contributed by atoms with van der Waals surface area (Å²) in [4.78, 5) is 50.2. The Hall–Kier alpha value is -3.48. The van der Waals surface area contributed by atoms with Crippen LogP contribution in [-0.2, 0) is 25.5 Å². The van der Waals surface area contributed by atoms with E-state index in [0.717, 1.165) is 36.1 Å². The predicted octanol–water partition coefficient (Wildman–Crippen LogP) is 4.64. The molecule has 0 aliphatic carbocycles. The van der Waals surface area contributed by atoms with Gasteiger partial charge in [-0.25, -0.2) is 0 Å². The summed E-state index contributed by atoms with van der Waals surface area (Å²) in [6.07, 6.45) is 4.36. The van der Waals surface area contributed by atoms with E-state index in [2.05, 4.69) is 12.2 Å². The lowest BCUT2D eigenvalue weighted by molar-refractivity contribution is -0.151. The Kier molecular flexibility index (Phi) is 11.1. The molecule has 0 spiro atoms. The predicted molar refractivity (Wildman–Crippen MR) is 136 cm³/mol. The molecule has 2 aromatic rings. The third kappa shape index (κ3) is 9.35. The van der Waals surface area contributed by atoms with Crippen molar-refractivity contribution in [2.75, 3.05) is 25.5 Å². The Labute approximate surface area is 207 Å². The number of carbonyl (C=O) groups excluding carboxylic acids is 4. The molecule has 1 N–H and O–H groups in total. The second-order valence-electron chi connectivity index (χ2n) is 8.80. The van der Waals surface area contributed by atoms with E-state index < -0.39 is 18.5 Å². The number of Topliss-reactive ketones (excluding diaryl/α,β-unsaturated/α-hetero) is 1. The van der Waals surface area contributed by atoms with Gasteiger partial charge in [0.1, 0.15) is 0 Å². The summed E-state index contributed by atoms with van der Waals surface area (Å²) >= 11 is 0. The molecule has 0 atom stereocenters. The van der Waals surface area contributed by atoms with Gasteiger partial charge in [0.2, 0.25) is 5.91 Å². The minimum absolute atomic E-state index is 0.0101. The quantitative estimate of drug-likeness (QED) is 0.256. The first-order valence-corrected chi connectivity index (χ1v) is 12.1. The van der Waals surface area contributed by atoms with Crippen molar-refractivity contribution in [3.05, 3.63) is 64.7 Å². The van der Waals surface area contributed by atoms with Crippen molar-refractivity contribution in [3.63, 3.8) is 0 Å². The van der Waals surface area contributed by atoms with E-state index in [1.54, 1.807) is 12.1 Å². The minimum Gasteiger partial charge on any atom is -0.456 e. The zero-order valence-corrected chi connectivity index (χ0v) is 21.2. The summed E-state index contributed by atoms with van der Waals surface area (Å²) in [5.41, 5.74) is 4.33. The maximum absolute atomic E-state index is 12.4. The van der Waals surface area contributed by atoms with Gasteiger partial charge in [-0.3, -0.25) is 19.2 Å². The number of esters is 1. The number of unbranched alkanes of at least 4 members (excludes halogenated alkanes) is 2. The Bertz CT molecular complexity index is 1010. The monoisotopic (exact) mass is 480 g/mol. The van der Waals surface area contributed by atoms with E-state index in [1.165, 1.54) is 23.9 Å². The maximum atomic E-state index is 12.4. The van der Waals surface area contributed by atoms with E-state index in [-0.39, 0.29) is 31.1 Å². The molecule has 0 aliphatic heterocycles. The zero-order valence-electron chi connectivity index (χ0n) is 21.2. The lowest BCUT2D eigenvalue weighted by Crippen LogP contribution is -2.37. The van der Waals surface area contributed by atoms with Gasteiger partial charge in [-0.1, -0.05) is 62.2 Å². The summed E-state index contributed by atoms with van der Waals surface area (Å²) in [7, 11) is 1.47. The molecule has 0 heterocycles. The van der Waals surface area contributed by atoms with E-state index >= 15 is 0 Å². The molecule has 0 bridgehead atoms. The molecule has 2 rings (SSSR count). The van der Waals surface area contributed by atoms with Gasteiger partial charge in [0.05, 0.1) is 13.0 Å². The maximum Gasteiger partial charge on any atom is 0.306 e. The molecular weight excluding hydrogens is 444 g/mol. The lowest BCUT2D eigenvalue weighted by atomic mass is 10.0. The first-order valence-electron chi connectivity index (χ1n) is 12.1. The number of rotatable bonds is 13. The number of ether oxygens (including phenoxy) is 1. The van der Waals surface area contributed by atoms with Crippen LogP contribution in [0.4, 0.5) is 5.69 Å². The number of hydrogen-bond acceptors (Lipinski definition) is 5. The molecule has 0 radical (unpaired) electrons. The van der Waals surface area contributed by atoms with Gasteiger partial charge in [0.25, 0.3) is 5.91 Å². The second-order valence-corrected chi connectivity index (χ2v) is 8.80. The van der Waals surface area contributed by atoms with Crippen LogP contribution in [0.5, 0.6) is 0 Å². The molecule has 35 heavy (non-hydrogen) atoms. The number of amides is 2. The number of hydrogen-bond donors (Lipinski definition) is 1. The van der Waals surface area contributed by atoms with Crippen LogP contribution in [0.25, 0.3) is 0 Å². The number of nitrogens with zero attached hydrogens (tertiary/aromatic N) is 1. The van der Waals surface area contributed by atoms with Crippen LogP contribution >= 0.6 is 0 Å². The lowest BCUT2D eigenvalue weighted by Gasteiger charge is -2.18. The second kappa shape index (κ2) is 14.0. The topological polar surface area (TPSA) is 92.8 Å². The number of para-hydroxylation sites is 1. The van der Waals surface area contributed by atoms with Crippen molar-refractivity contribution in [2.24, 2.45) is 0 Å². The number of aryl methyl sites for hydroxylation is 3. The third-order valence-corrected chi connectivity index (χ3v) is 5.81. The fourth-order valence-electron chi connectivity index (χ4n) is 3.62. The zero-order chi connectivity index (χ0) is 25.8. The number of carbonyl (C=O) groups is 4. The molecule has 0 fully saturated rings. The molecule has 7 nitrogen and oxygen atoms in total. The van der Waals surface area contributed by atoms with Gasteiger partial charge >= 0.3 is 5.97 Å². The smallest absolute Gasteiger partial charge is 0.306 e. The number of nitrogens with one attached hydrogen (secondary N) is 1. The number of likely N-dealkylation sites (N-methyl/N-ethyl adjacent to an activating group) is 1. The van der Waals surface area contributed by atoms with Gasteiger partial charge in [-0.2, -0.15) is 0 Å². The van der Waals surface area contributed by atoms with Crippen molar-refractivity contribution in [3.8, 4) is 0 Å². The Morgan fingerprint density at radius 3 is 2.20 bits per heavy atom. The molecule has 2 aromatic carbocycles. The highest BCUT2D eigenvalue weighted by Crippen LogP contribution is 2.19. The van der Waals surface area contributed by atoms with Gasteiger partial charge in [0.15, 0.2) is 12.4 Å². The summed E-state index contributed by atoms with van der Waals surface area (Å²) in [6.45, 7) is 5.30. The van der Waals surface area contributed by atoms with E-state index in [0.29, 0.717) is 5.56 Å². The normalized spacial score (nSPS) is 10.5.